The molecule has 1 aliphatic rings. The van der Waals surface area contributed by atoms with E-state index in [4.69, 9.17) is 9.84 Å². The fourth-order valence-electron chi connectivity index (χ4n) is 2.30. The van der Waals surface area contributed by atoms with Crippen LogP contribution in [-0.4, -0.2) is 42.7 Å². The quantitative estimate of drug-likeness (QED) is 0.906. The summed E-state index contributed by atoms with van der Waals surface area (Å²) in [5.74, 6) is -0.288. The molecule has 19 heavy (non-hydrogen) atoms. The molecule has 1 aliphatic heterocycles. The normalized spacial score (nSPS) is 16.5. The van der Waals surface area contributed by atoms with Crippen molar-refractivity contribution >= 4 is 5.91 Å². The minimum absolute atomic E-state index is 0.135. The number of aliphatic hydroxyl groups excluding tert-OH is 1. The van der Waals surface area contributed by atoms with Gasteiger partial charge in [0.2, 0.25) is 0 Å². The summed E-state index contributed by atoms with van der Waals surface area (Å²) in [6, 6.07) is 4.24. The van der Waals surface area contributed by atoms with Gasteiger partial charge in [-0.1, -0.05) is 0 Å². The second-order valence-electron chi connectivity index (χ2n) is 4.77. The zero-order valence-corrected chi connectivity index (χ0v) is 10.9. The molecule has 5 heteroatoms. The van der Waals surface area contributed by atoms with E-state index in [9.17, 15) is 9.18 Å². The number of halogens is 1. The predicted octanol–water partition coefficient (Wildman–Crippen LogP) is 1.68. The summed E-state index contributed by atoms with van der Waals surface area (Å²) in [5.41, 5.74) is 0.334. The maximum Gasteiger partial charge on any atom is 0.253 e. The zero-order valence-electron chi connectivity index (χ0n) is 10.9. The Morgan fingerprint density at radius 3 is 2.68 bits per heavy atom. The van der Waals surface area contributed by atoms with Crippen LogP contribution in [-0.2, 0) is 0 Å². The average Bonchev–Trinajstić information content (AvgIpc) is 2.46. The molecule has 4 nitrogen and oxygen atoms in total. The highest BCUT2D eigenvalue weighted by Crippen LogP contribution is 2.21. The number of benzene rings is 1. The number of rotatable bonds is 3. The molecule has 0 bridgehead atoms. The van der Waals surface area contributed by atoms with E-state index < -0.39 is 5.82 Å². The van der Waals surface area contributed by atoms with Gasteiger partial charge < -0.3 is 14.7 Å². The highest BCUT2D eigenvalue weighted by atomic mass is 19.1. The van der Waals surface area contributed by atoms with E-state index in [1.165, 1.54) is 19.2 Å². The van der Waals surface area contributed by atoms with Crippen molar-refractivity contribution in [1.29, 1.82) is 0 Å². The lowest BCUT2D eigenvalue weighted by atomic mass is 9.97. The van der Waals surface area contributed by atoms with Gasteiger partial charge >= 0.3 is 0 Å². The van der Waals surface area contributed by atoms with Crippen molar-refractivity contribution < 1.29 is 19.0 Å². The Morgan fingerprint density at radius 2 is 2.16 bits per heavy atom. The maximum absolute atomic E-state index is 13.6. The van der Waals surface area contributed by atoms with Crippen molar-refractivity contribution in [3.05, 3.63) is 29.6 Å². The standard InChI is InChI=1S/C14H18FNO3/c1-19-13-3-2-11(8-12(13)15)14(18)16-6-4-10(9-17)5-7-16/h2-3,8,10,17H,4-7,9H2,1H3. The number of methoxy groups -OCH3 is 1. The van der Waals surface area contributed by atoms with Crippen molar-refractivity contribution in [2.75, 3.05) is 26.8 Å². The van der Waals surface area contributed by atoms with Crippen molar-refractivity contribution in [3.8, 4) is 5.75 Å². The number of ether oxygens (including phenoxy) is 1. The number of hydrogen-bond donors (Lipinski definition) is 1. The molecule has 0 aromatic heterocycles. The van der Waals surface area contributed by atoms with Gasteiger partial charge in [-0.2, -0.15) is 0 Å². The van der Waals surface area contributed by atoms with Gasteiger partial charge in [-0.3, -0.25) is 4.79 Å². The first-order valence-corrected chi connectivity index (χ1v) is 6.39. The molecule has 1 heterocycles. The van der Waals surface area contributed by atoms with E-state index in [2.05, 4.69) is 0 Å². The fraction of sp³-hybridized carbons (Fsp3) is 0.500. The molecule has 2 rings (SSSR count). The van der Waals surface area contributed by atoms with Crippen molar-refractivity contribution in [3.63, 3.8) is 0 Å². The first kappa shape index (κ1) is 13.8. The molecule has 104 valence electrons. The van der Waals surface area contributed by atoms with E-state index in [0.29, 0.717) is 18.7 Å². The number of aliphatic hydroxyl groups is 1. The summed E-state index contributed by atoms with van der Waals surface area (Å²) in [6.45, 7) is 1.38. The Labute approximate surface area is 111 Å². The molecule has 1 aromatic carbocycles. The second-order valence-corrected chi connectivity index (χ2v) is 4.77. The number of carbonyl (C=O) groups excluding carboxylic acids is 1. The van der Waals surface area contributed by atoms with E-state index in [0.717, 1.165) is 12.8 Å². The van der Waals surface area contributed by atoms with E-state index in [1.807, 2.05) is 0 Å². The largest absolute Gasteiger partial charge is 0.494 e. The van der Waals surface area contributed by atoms with E-state index >= 15 is 0 Å². The van der Waals surface area contributed by atoms with Crippen LogP contribution in [0.5, 0.6) is 5.75 Å². The van der Waals surface area contributed by atoms with Gasteiger partial charge in [0, 0.05) is 25.3 Å². The molecule has 0 spiro atoms. The Hall–Kier alpha value is -1.62. The average molecular weight is 267 g/mol. The number of hydrogen-bond acceptors (Lipinski definition) is 3. The SMILES string of the molecule is COc1ccc(C(=O)N2CCC(CO)CC2)cc1F. The van der Waals surface area contributed by atoms with Crippen molar-refractivity contribution in [1.82, 2.24) is 4.90 Å². The molecule has 0 aliphatic carbocycles. The fourth-order valence-corrected chi connectivity index (χ4v) is 2.30. The third-order valence-corrected chi connectivity index (χ3v) is 3.56. The highest BCUT2D eigenvalue weighted by molar-refractivity contribution is 5.94. The molecule has 1 fully saturated rings. The summed E-state index contributed by atoms with van der Waals surface area (Å²) < 4.78 is 18.4. The minimum atomic E-state index is -0.529. The molecule has 0 unspecified atom stereocenters. The number of amides is 1. The highest BCUT2D eigenvalue weighted by Gasteiger charge is 2.23. The van der Waals surface area contributed by atoms with Gasteiger partial charge in [0.05, 0.1) is 7.11 Å². The number of nitrogens with zero attached hydrogens (tertiary/aromatic N) is 1. The second kappa shape index (κ2) is 6.02. The van der Waals surface area contributed by atoms with Crippen LogP contribution >= 0.6 is 0 Å². The maximum atomic E-state index is 13.6. The first-order chi connectivity index (χ1) is 9.15. The molecule has 0 saturated carbocycles. The molecule has 0 radical (unpaired) electrons. The summed E-state index contributed by atoms with van der Waals surface area (Å²) in [6.07, 6.45) is 1.59. The number of piperidine rings is 1. The van der Waals surface area contributed by atoms with Crippen LogP contribution in [0.25, 0.3) is 0 Å². The molecule has 1 saturated heterocycles. The van der Waals surface area contributed by atoms with Crippen molar-refractivity contribution in [2.24, 2.45) is 5.92 Å². The zero-order chi connectivity index (χ0) is 13.8. The van der Waals surface area contributed by atoms with Crippen LogP contribution in [0.4, 0.5) is 4.39 Å². The topological polar surface area (TPSA) is 49.8 Å². The van der Waals surface area contributed by atoms with Gasteiger partial charge in [0.1, 0.15) is 0 Å². The molecule has 1 N–H and O–H groups in total. The number of carbonyl (C=O) groups is 1. The van der Waals surface area contributed by atoms with Gasteiger partial charge in [-0.15, -0.1) is 0 Å². The predicted molar refractivity (Wildman–Crippen MR) is 68.7 cm³/mol. The van der Waals surface area contributed by atoms with E-state index in [-0.39, 0.29) is 24.2 Å². The van der Waals surface area contributed by atoms with Crippen LogP contribution in [0, 0.1) is 11.7 Å². The molecule has 1 aromatic rings. The lowest BCUT2D eigenvalue weighted by Gasteiger charge is -2.31. The lowest BCUT2D eigenvalue weighted by Crippen LogP contribution is -2.39. The van der Waals surface area contributed by atoms with Crippen LogP contribution in [0.3, 0.4) is 0 Å². The summed E-state index contributed by atoms with van der Waals surface area (Å²) in [5, 5.41) is 9.06. The van der Waals surface area contributed by atoms with Crippen LogP contribution in [0.1, 0.15) is 23.2 Å². The van der Waals surface area contributed by atoms with E-state index in [1.54, 1.807) is 11.0 Å². The molecule has 1 amide bonds. The van der Waals surface area contributed by atoms with Gasteiger partial charge in [0.25, 0.3) is 5.91 Å². The van der Waals surface area contributed by atoms with Crippen molar-refractivity contribution in [2.45, 2.75) is 12.8 Å². The monoisotopic (exact) mass is 267 g/mol. The minimum Gasteiger partial charge on any atom is -0.494 e. The van der Waals surface area contributed by atoms with Crippen LogP contribution < -0.4 is 4.74 Å². The Morgan fingerprint density at radius 1 is 1.47 bits per heavy atom. The van der Waals surface area contributed by atoms with Crippen LogP contribution in [0.2, 0.25) is 0 Å². The summed E-state index contributed by atoms with van der Waals surface area (Å²) in [4.78, 5) is 13.9. The lowest BCUT2D eigenvalue weighted by molar-refractivity contribution is 0.0650. The smallest absolute Gasteiger partial charge is 0.253 e. The third-order valence-electron chi connectivity index (χ3n) is 3.56. The Balaban J connectivity index is 2.06. The van der Waals surface area contributed by atoms with Gasteiger partial charge in [-0.05, 0) is 37.0 Å². The number of likely N-dealkylation sites (tertiary alicyclic amines) is 1. The Bertz CT molecular complexity index is 456. The third kappa shape index (κ3) is 3.04. The first-order valence-electron chi connectivity index (χ1n) is 6.39. The summed E-state index contributed by atoms with van der Waals surface area (Å²) in [7, 11) is 1.39. The van der Waals surface area contributed by atoms with Crippen LogP contribution in [0.15, 0.2) is 18.2 Å². The molecular weight excluding hydrogens is 249 g/mol. The molecular formula is C14H18FNO3. The Kier molecular flexibility index (Phi) is 4.37. The summed E-state index contributed by atoms with van der Waals surface area (Å²) >= 11 is 0. The van der Waals surface area contributed by atoms with Gasteiger partial charge in [-0.25, -0.2) is 4.39 Å². The van der Waals surface area contributed by atoms with Gasteiger partial charge in [0.15, 0.2) is 11.6 Å². The molecule has 0 atom stereocenters.